The molecule has 1 rings (SSSR count). The Morgan fingerprint density at radius 3 is 2.38 bits per heavy atom. The molecule has 0 fully saturated rings. The molecule has 1 aromatic rings. The molecule has 0 amide bonds. The fourth-order valence-electron chi connectivity index (χ4n) is 1.40. The van der Waals surface area contributed by atoms with E-state index in [-0.39, 0.29) is 6.54 Å². The molecule has 1 aromatic carbocycles. The number of halogens is 4. The number of hydrogen-bond donors (Lipinski definition) is 0. The Hall–Kier alpha value is -0.300. The van der Waals surface area contributed by atoms with Crippen molar-refractivity contribution in [1.29, 1.82) is 0 Å². The number of rotatable bonds is 3. The number of nitrogens with zero attached hydrogens (tertiary/aromatic N) is 1. The first kappa shape index (κ1) is 13.8. The van der Waals surface area contributed by atoms with Gasteiger partial charge < -0.3 is 0 Å². The number of hydrogen-bond acceptors (Lipinski definition) is 1. The predicted octanol–water partition coefficient (Wildman–Crippen LogP) is 4.02. The van der Waals surface area contributed by atoms with Crippen molar-refractivity contribution < 1.29 is 13.2 Å². The van der Waals surface area contributed by atoms with Crippen molar-refractivity contribution in [2.45, 2.75) is 32.7 Å². The van der Waals surface area contributed by atoms with Crippen LogP contribution in [0.2, 0.25) is 0 Å². The minimum absolute atomic E-state index is 0.0992. The molecular weight excluding hydrogens is 330 g/mol. The first-order valence-corrected chi connectivity index (χ1v) is 5.96. The van der Waals surface area contributed by atoms with Crippen LogP contribution < -0.4 is 0 Å². The van der Waals surface area contributed by atoms with Gasteiger partial charge in [-0.25, -0.2) is 4.90 Å². The van der Waals surface area contributed by atoms with Gasteiger partial charge in [-0.3, -0.25) is 0 Å². The Morgan fingerprint density at radius 2 is 1.94 bits per heavy atom. The van der Waals surface area contributed by atoms with Crippen molar-refractivity contribution >= 4 is 22.6 Å². The molecule has 0 heterocycles. The molecule has 0 spiro atoms. The second-order valence-electron chi connectivity index (χ2n) is 3.82. The summed E-state index contributed by atoms with van der Waals surface area (Å²) in [6, 6.07) is 6.55. The lowest BCUT2D eigenvalue weighted by atomic mass is 10.2. The average molecular weight is 343 g/mol. The summed E-state index contributed by atoms with van der Waals surface area (Å²) in [5.41, 5.74) is 0.679. The van der Waals surface area contributed by atoms with Crippen LogP contribution in [-0.4, -0.2) is 17.2 Å². The molecule has 0 N–H and O–H groups in total. The second-order valence-corrected chi connectivity index (χ2v) is 5.07. The molecule has 0 unspecified atom stereocenters. The van der Waals surface area contributed by atoms with Crippen LogP contribution in [0.1, 0.15) is 19.4 Å². The van der Waals surface area contributed by atoms with E-state index in [1.165, 1.54) is 0 Å². The summed E-state index contributed by atoms with van der Waals surface area (Å²) in [4.78, 5) is 0.526. The van der Waals surface area contributed by atoms with Crippen LogP contribution in [0.3, 0.4) is 0 Å². The van der Waals surface area contributed by atoms with E-state index in [2.05, 4.69) is 22.6 Å². The van der Waals surface area contributed by atoms with Gasteiger partial charge in [0.1, 0.15) is 0 Å². The zero-order valence-electron chi connectivity index (χ0n) is 9.05. The summed E-state index contributed by atoms with van der Waals surface area (Å²) in [6.07, 6.45) is -4.28. The van der Waals surface area contributed by atoms with E-state index in [0.717, 1.165) is 3.57 Å². The highest BCUT2D eigenvalue weighted by molar-refractivity contribution is 14.1. The number of alkyl halides is 3. The Kier molecular flexibility index (Phi) is 4.61. The maximum absolute atomic E-state index is 12.7. The van der Waals surface area contributed by atoms with Gasteiger partial charge in [-0.15, -0.1) is 0 Å². The zero-order chi connectivity index (χ0) is 12.3. The molecular formula is C11H13F3IN. The van der Waals surface area contributed by atoms with Crippen molar-refractivity contribution in [2.24, 2.45) is 0 Å². The van der Waals surface area contributed by atoms with E-state index < -0.39 is 12.3 Å². The highest BCUT2D eigenvalue weighted by atomic mass is 127. The van der Waals surface area contributed by atoms with Crippen molar-refractivity contribution in [3.8, 4) is 0 Å². The largest absolute Gasteiger partial charge is 0.460 e. The minimum Gasteiger partial charge on any atom is -0.208 e. The Balaban J connectivity index is 2.84. The van der Waals surface area contributed by atoms with Crippen molar-refractivity contribution in [3.05, 3.63) is 33.4 Å². The molecule has 0 radical (unpaired) electrons. The van der Waals surface area contributed by atoms with Crippen molar-refractivity contribution in [2.75, 3.05) is 0 Å². The van der Waals surface area contributed by atoms with E-state index in [4.69, 9.17) is 0 Å². The van der Waals surface area contributed by atoms with Crippen LogP contribution >= 0.6 is 22.6 Å². The highest BCUT2D eigenvalue weighted by Crippen LogP contribution is 2.26. The van der Waals surface area contributed by atoms with E-state index >= 15 is 0 Å². The SMILES string of the molecule is CC(C)N(Cc1cccc(I)c1)C(F)(F)F. The normalized spacial score (nSPS) is 12.5. The lowest BCUT2D eigenvalue weighted by molar-refractivity contribution is -0.259. The topological polar surface area (TPSA) is 3.24 Å². The van der Waals surface area contributed by atoms with Gasteiger partial charge in [-0.05, 0) is 54.1 Å². The smallest absolute Gasteiger partial charge is 0.208 e. The van der Waals surface area contributed by atoms with Crippen LogP contribution in [0.5, 0.6) is 0 Å². The standard InChI is InChI=1S/C11H13F3IN/c1-8(2)16(11(12,13)14)7-9-4-3-5-10(15)6-9/h3-6,8H,7H2,1-2H3. The molecule has 0 bridgehead atoms. The average Bonchev–Trinajstić information content (AvgIpc) is 2.12. The zero-order valence-corrected chi connectivity index (χ0v) is 11.2. The van der Waals surface area contributed by atoms with Gasteiger partial charge in [-0.2, -0.15) is 13.2 Å². The molecule has 5 heteroatoms. The lowest BCUT2D eigenvalue weighted by Crippen LogP contribution is -2.42. The van der Waals surface area contributed by atoms with E-state index in [9.17, 15) is 13.2 Å². The van der Waals surface area contributed by atoms with E-state index in [1.54, 1.807) is 32.0 Å². The van der Waals surface area contributed by atoms with Gasteiger partial charge in [0, 0.05) is 16.2 Å². The van der Waals surface area contributed by atoms with Crippen LogP contribution in [-0.2, 0) is 6.54 Å². The van der Waals surface area contributed by atoms with Gasteiger partial charge in [0.15, 0.2) is 0 Å². The molecule has 90 valence electrons. The Bertz CT molecular complexity index is 349. The van der Waals surface area contributed by atoms with Crippen LogP contribution in [0.25, 0.3) is 0 Å². The molecule has 0 saturated heterocycles. The molecule has 0 saturated carbocycles. The van der Waals surface area contributed by atoms with Gasteiger partial charge >= 0.3 is 6.30 Å². The minimum atomic E-state index is -4.28. The second kappa shape index (κ2) is 5.35. The van der Waals surface area contributed by atoms with Gasteiger partial charge in [0.25, 0.3) is 0 Å². The molecule has 0 atom stereocenters. The summed E-state index contributed by atoms with van der Waals surface area (Å²) in [6.45, 7) is 2.99. The summed E-state index contributed by atoms with van der Waals surface area (Å²) < 4.78 is 39.0. The third-order valence-electron chi connectivity index (χ3n) is 2.19. The van der Waals surface area contributed by atoms with E-state index in [1.807, 2.05) is 6.07 Å². The first-order valence-electron chi connectivity index (χ1n) is 4.88. The summed E-state index contributed by atoms with van der Waals surface area (Å²) >= 11 is 2.09. The first-order chi connectivity index (χ1) is 7.30. The molecule has 16 heavy (non-hydrogen) atoms. The van der Waals surface area contributed by atoms with E-state index in [0.29, 0.717) is 10.5 Å². The van der Waals surface area contributed by atoms with Crippen molar-refractivity contribution in [3.63, 3.8) is 0 Å². The molecule has 0 aliphatic heterocycles. The Labute approximate surface area is 107 Å². The molecule has 1 nitrogen and oxygen atoms in total. The maximum atomic E-state index is 12.7. The van der Waals surface area contributed by atoms with Gasteiger partial charge in [-0.1, -0.05) is 12.1 Å². The third kappa shape index (κ3) is 3.93. The van der Waals surface area contributed by atoms with Crippen LogP contribution in [0.15, 0.2) is 24.3 Å². The predicted molar refractivity (Wildman–Crippen MR) is 65.9 cm³/mol. The number of benzene rings is 1. The fourth-order valence-corrected chi connectivity index (χ4v) is 2.00. The maximum Gasteiger partial charge on any atom is 0.460 e. The highest BCUT2D eigenvalue weighted by Gasteiger charge is 2.38. The fraction of sp³-hybridized carbons (Fsp3) is 0.455. The lowest BCUT2D eigenvalue weighted by Gasteiger charge is -2.28. The Morgan fingerprint density at radius 1 is 1.31 bits per heavy atom. The van der Waals surface area contributed by atoms with Crippen molar-refractivity contribution in [1.82, 2.24) is 4.90 Å². The molecule has 0 aliphatic carbocycles. The van der Waals surface area contributed by atoms with Crippen LogP contribution in [0.4, 0.5) is 13.2 Å². The summed E-state index contributed by atoms with van der Waals surface area (Å²) in [5.74, 6) is 0. The van der Waals surface area contributed by atoms with Gasteiger partial charge in [0.05, 0.1) is 0 Å². The molecule has 0 aliphatic rings. The quantitative estimate of drug-likeness (QED) is 0.592. The van der Waals surface area contributed by atoms with Crippen LogP contribution in [0, 0.1) is 3.57 Å². The summed E-state index contributed by atoms with van der Waals surface area (Å²) in [7, 11) is 0. The van der Waals surface area contributed by atoms with Gasteiger partial charge in [0.2, 0.25) is 0 Å². The third-order valence-corrected chi connectivity index (χ3v) is 2.86. The monoisotopic (exact) mass is 343 g/mol. The summed E-state index contributed by atoms with van der Waals surface area (Å²) in [5, 5.41) is 0. The molecule has 0 aromatic heterocycles.